The highest BCUT2D eigenvalue weighted by molar-refractivity contribution is 7.43. The Kier molecular flexibility index (Phi) is 11.7. The lowest BCUT2D eigenvalue weighted by molar-refractivity contribution is -0.00100. The average Bonchev–Trinajstić information content (AvgIpc) is 3.58. The first-order chi connectivity index (χ1) is 14.5. The van der Waals surface area contributed by atoms with E-state index in [-0.39, 0.29) is 24.8 Å². The van der Waals surface area contributed by atoms with Crippen molar-refractivity contribution < 1.29 is 24.8 Å². The first-order valence-electron chi connectivity index (χ1n) is 11.7. The summed E-state index contributed by atoms with van der Waals surface area (Å²) in [7, 11) is 0.736. The number of rotatable bonds is 8. The van der Waals surface area contributed by atoms with E-state index >= 15 is 0 Å². The van der Waals surface area contributed by atoms with Crippen molar-refractivity contribution in [1.82, 2.24) is 0 Å². The van der Waals surface area contributed by atoms with Crippen LogP contribution in [-0.4, -0.2) is 20.6 Å². The van der Waals surface area contributed by atoms with Crippen molar-refractivity contribution in [2.45, 2.75) is 74.0 Å². The second-order valence-corrected chi connectivity index (χ2v) is 13.9. The molecule has 0 aromatic heterocycles. The SMILES string of the molecule is CCC1([PH2+]C2(CC)C=CC=C2)C=CC=C1.CCC1([PH2+]C2(CC)C=CC=C2)C=CC=C1.[Cl-].[Cl-]. The highest BCUT2D eigenvalue weighted by atomic mass is 35.5. The lowest BCUT2D eigenvalue weighted by Gasteiger charge is -2.27. The van der Waals surface area contributed by atoms with Crippen LogP contribution in [-0.2, 0) is 0 Å². The van der Waals surface area contributed by atoms with Gasteiger partial charge in [-0.05, 0) is 74.3 Å². The maximum Gasteiger partial charge on any atom is 0.112 e. The van der Waals surface area contributed by atoms with Gasteiger partial charge < -0.3 is 24.8 Å². The molecule has 0 saturated carbocycles. The van der Waals surface area contributed by atoms with Gasteiger partial charge in [0.05, 0.1) is 0 Å². The molecule has 0 heterocycles. The summed E-state index contributed by atoms with van der Waals surface area (Å²) in [5, 5.41) is 1.54. The van der Waals surface area contributed by atoms with Crippen molar-refractivity contribution in [2.24, 2.45) is 0 Å². The van der Waals surface area contributed by atoms with Gasteiger partial charge in [0.2, 0.25) is 0 Å². The zero-order chi connectivity index (χ0) is 21.6. The van der Waals surface area contributed by atoms with Gasteiger partial charge in [0.1, 0.15) is 20.6 Å². The van der Waals surface area contributed by atoms with Crippen molar-refractivity contribution in [3.8, 4) is 0 Å². The third kappa shape index (κ3) is 6.70. The minimum Gasteiger partial charge on any atom is -1.00 e. The van der Waals surface area contributed by atoms with E-state index in [2.05, 4.69) is 125 Å². The van der Waals surface area contributed by atoms with Gasteiger partial charge in [0, 0.05) is 17.2 Å². The Morgan fingerprint density at radius 2 is 0.531 bits per heavy atom. The zero-order valence-corrected chi connectivity index (χ0v) is 23.8. The predicted octanol–water partition coefficient (Wildman–Crippen LogP) is 1.90. The quantitative estimate of drug-likeness (QED) is 0.439. The molecular formula is C28H40Cl2P2. The van der Waals surface area contributed by atoms with E-state index in [0.717, 1.165) is 0 Å². The third-order valence-corrected chi connectivity index (χ3v) is 12.5. The second kappa shape index (κ2) is 12.7. The molecule has 0 atom stereocenters. The fraction of sp³-hybridized carbons (Fsp3) is 0.429. The molecule has 0 nitrogen and oxygen atoms in total. The molecule has 0 amide bonds. The van der Waals surface area contributed by atoms with Crippen molar-refractivity contribution in [3.05, 3.63) is 97.2 Å². The van der Waals surface area contributed by atoms with Gasteiger partial charge in [-0.3, -0.25) is 0 Å². The van der Waals surface area contributed by atoms with Gasteiger partial charge in [0.15, 0.2) is 0 Å². The van der Waals surface area contributed by atoms with Crippen molar-refractivity contribution in [3.63, 3.8) is 0 Å². The van der Waals surface area contributed by atoms with E-state index in [1.54, 1.807) is 0 Å². The molecule has 0 aromatic rings. The van der Waals surface area contributed by atoms with Crippen molar-refractivity contribution in [2.75, 3.05) is 0 Å². The summed E-state index contributed by atoms with van der Waals surface area (Å²) >= 11 is 0. The summed E-state index contributed by atoms with van der Waals surface area (Å²) in [5.74, 6) is 0. The molecule has 0 spiro atoms. The van der Waals surface area contributed by atoms with E-state index in [9.17, 15) is 0 Å². The lowest BCUT2D eigenvalue weighted by atomic mass is 10.1. The summed E-state index contributed by atoms with van der Waals surface area (Å²) in [6.45, 7) is 9.22. The third-order valence-electron chi connectivity index (χ3n) is 7.22. The highest BCUT2D eigenvalue weighted by Gasteiger charge is 2.42. The molecule has 4 rings (SSSR count). The van der Waals surface area contributed by atoms with E-state index < -0.39 is 0 Å². The molecule has 0 N–H and O–H groups in total. The molecule has 0 aromatic carbocycles. The molecule has 32 heavy (non-hydrogen) atoms. The number of hydrogen-bond donors (Lipinski definition) is 0. The van der Waals surface area contributed by atoms with Gasteiger partial charge in [-0.25, -0.2) is 0 Å². The summed E-state index contributed by atoms with van der Waals surface area (Å²) in [5.41, 5.74) is 0. The molecule has 0 fully saturated rings. The Morgan fingerprint density at radius 1 is 0.375 bits per heavy atom. The standard InChI is InChI=1S/2C14H19P.2ClH/c2*1-3-13(9-5-6-10-13)15-14(4-2)11-7-8-12-14;;/h2*5-12,15H,3-4H2,1-2H3;2*1H. The molecule has 4 heteroatoms. The minimum atomic E-state index is 0. The van der Waals surface area contributed by atoms with Gasteiger partial charge >= 0.3 is 0 Å². The maximum atomic E-state index is 2.40. The minimum absolute atomic E-state index is 0. The largest absolute Gasteiger partial charge is 1.00 e. The van der Waals surface area contributed by atoms with Crippen LogP contribution in [0, 0.1) is 0 Å². The van der Waals surface area contributed by atoms with E-state index in [1.807, 2.05) is 0 Å². The predicted molar refractivity (Wildman–Crippen MR) is 145 cm³/mol. The van der Waals surface area contributed by atoms with Crippen LogP contribution in [0.2, 0.25) is 0 Å². The van der Waals surface area contributed by atoms with Crippen LogP contribution in [0.25, 0.3) is 0 Å². The fourth-order valence-corrected chi connectivity index (χ4v) is 9.31. The molecule has 0 saturated heterocycles. The summed E-state index contributed by atoms with van der Waals surface area (Å²) in [4.78, 5) is 0. The molecular weight excluding hydrogens is 469 g/mol. The zero-order valence-electron chi connectivity index (χ0n) is 20.0. The summed E-state index contributed by atoms with van der Waals surface area (Å²) in [6, 6.07) is 0. The normalized spacial score (nSPS) is 22.6. The molecule has 176 valence electrons. The Hall–Kier alpha value is -0.640. The van der Waals surface area contributed by atoms with Crippen LogP contribution in [0.15, 0.2) is 97.2 Å². The maximum absolute atomic E-state index is 2.40. The van der Waals surface area contributed by atoms with E-state index in [1.165, 1.54) is 25.7 Å². The Morgan fingerprint density at radius 3 is 0.656 bits per heavy atom. The van der Waals surface area contributed by atoms with Crippen LogP contribution in [0.5, 0.6) is 0 Å². The Labute approximate surface area is 212 Å². The monoisotopic (exact) mass is 508 g/mol. The first-order valence-corrected chi connectivity index (χ1v) is 14.0. The van der Waals surface area contributed by atoms with Crippen LogP contribution >= 0.6 is 17.2 Å². The Balaban J connectivity index is 0.000000301. The van der Waals surface area contributed by atoms with Crippen molar-refractivity contribution >= 4 is 17.2 Å². The fourth-order valence-electron chi connectivity index (χ4n) is 4.84. The topological polar surface area (TPSA) is 0 Å². The van der Waals surface area contributed by atoms with Gasteiger partial charge in [-0.15, -0.1) is 0 Å². The summed E-state index contributed by atoms with van der Waals surface area (Å²) < 4.78 is 0. The van der Waals surface area contributed by atoms with Gasteiger partial charge in [-0.1, -0.05) is 76.3 Å². The van der Waals surface area contributed by atoms with Crippen LogP contribution in [0.3, 0.4) is 0 Å². The van der Waals surface area contributed by atoms with Crippen molar-refractivity contribution in [1.29, 1.82) is 0 Å². The number of halogens is 2. The lowest BCUT2D eigenvalue weighted by Crippen LogP contribution is -3.00. The average molecular weight is 509 g/mol. The van der Waals surface area contributed by atoms with Crippen LogP contribution in [0.4, 0.5) is 0 Å². The Bertz CT molecular complexity index is 653. The molecule has 0 unspecified atom stereocenters. The van der Waals surface area contributed by atoms with Gasteiger partial charge in [-0.2, -0.15) is 0 Å². The smallest absolute Gasteiger partial charge is 0.112 e. The molecule has 4 aliphatic rings. The molecule has 4 aliphatic carbocycles. The van der Waals surface area contributed by atoms with Crippen LogP contribution in [0.1, 0.15) is 53.4 Å². The molecule has 0 radical (unpaired) electrons. The molecule has 0 bridgehead atoms. The number of hydrogen-bond acceptors (Lipinski definition) is 0. The van der Waals surface area contributed by atoms with E-state index in [0.29, 0.717) is 37.8 Å². The summed E-state index contributed by atoms with van der Waals surface area (Å²) in [6.07, 6.45) is 41.8. The second-order valence-electron chi connectivity index (χ2n) is 9.03. The molecule has 0 aliphatic heterocycles. The van der Waals surface area contributed by atoms with Gasteiger partial charge in [0.25, 0.3) is 0 Å². The highest BCUT2D eigenvalue weighted by Crippen LogP contribution is 2.54. The van der Waals surface area contributed by atoms with Crippen LogP contribution < -0.4 is 24.8 Å². The van der Waals surface area contributed by atoms with E-state index in [4.69, 9.17) is 0 Å². The number of allylic oxidation sites excluding steroid dienone is 16. The first kappa shape index (κ1) is 29.4.